The molecule has 0 spiro atoms. The third-order valence-corrected chi connectivity index (χ3v) is 5.68. The summed E-state index contributed by atoms with van der Waals surface area (Å²) in [6.07, 6.45) is 2.69. The number of nitrogens with zero attached hydrogens (tertiary/aromatic N) is 4. The summed E-state index contributed by atoms with van der Waals surface area (Å²) < 4.78 is 5.50. The molecule has 0 unspecified atom stereocenters. The van der Waals surface area contributed by atoms with Gasteiger partial charge in [0, 0.05) is 49.3 Å². The molecule has 2 aliphatic rings. The average Bonchev–Trinajstić information content (AvgIpc) is 2.68. The van der Waals surface area contributed by atoms with Crippen LogP contribution in [0.2, 0.25) is 0 Å². The van der Waals surface area contributed by atoms with E-state index in [1.54, 1.807) is 13.4 Å². The lowest BCUT2D eigenvalue weighted by atomic mass is 9.98. The molecule has 1 aromatic heterocycles. The molecule has 5 nitrogen and oxygen atoms in total. The van der Waals surface area contributed by atoms with Crippen LogP contribution >= 0.6 is 11.8 Å². The molecule has 0 bridgehead atoms. The predicted molar refractivity (Wildman–Crippen MR) is 99.3 cm³/mol. The minimum absolute atomic E-state index is 0.874. The number of hydrogen-bond acceptors (Lipinski definition) is 6. The van der Waals surface area contributed by atoms with Crippen molar-refractivity contribution in [2.45, 2.75) is 13.0 Å². The van der Waals surface area contributed by atoms with E-state index in [1.807, 2.05) is 17.8 Å². The smallest absolute Gasteiger partial charge is 0.134 e. The Balaban J connectivity index is 1.56. The molecule has 1 fully saturated rings. The van der Waals surface area contributed by atoms with Gasteiger partial charge in [-0.2, -0.15) is 11.8 Å². The summed E-state index contributed by atoms with van der Waals surface area (Å²) in [5, 5.41) is 0. The van der Waals surface area contributed by atoms with E-state index in [1.165, 1.54) is 22.6 Å². The minimum atomic E-state index is 0.874. The van der Waals surface area contributed by atoms with Gasteiger partial charge in [-0.15, -0.1) is 0 Å². The molecule has 0 N–H and O–H groups in total. The zero-order chi connectivity index (χ0) is 16.4. The highest BCUT2D eigenvalue weighted by atomic mass is 32.2. The van der Waals surface area contributed by atoms with Gasteiger partial charge in [0.25, 0.3) is 0 Å². The lowest BCUT2D eigenvalue weighted by Crippen LogP contribution is -2.34. The summed E-state index contributed by atoms with van der Waals surface area (Å²) in [4.78, 5) is 13.7. The first-order valence-corrected chi connectivity index (χ1v) is 9.55. The molecule has 6 heteroatoms. The SMILES string of the molecule is COc1cccc2c1CCN(c1cc(N3CCSCC3)ncn1)C2. The Hall–Kier alpha value is -1.95. The lowest BCUT2D eigenvalue weighted by molar-refractivity contribution is 0.407. The zero-order valence-corrected chi connectivity index (χ0v) is 14.8. The number of thioether (sulfide) groups is 1. The van der Waals surface area contributed by atoms with E-state index in [9.17, 15) is 0 Å². The fraction of sp³-hybridized carbons (Fsp3) is 0.444. The molecule has 24 heavy (non-hydrogen) atoms. The average molecular weight is 342 g/mol. The molecule has 2 aliphatic heterocycles. The summed E-state index contributed by atoms with van der Waals surface area (Å²) in [5.74, 6) is 5.43. The van der Waals surface area contributed by atoms with E-state index < -0.39 is 0 Å². The molecule has 126 valence electrons. The van der Waals surface area contributed by atoms with Gasteiger partial charge in [-0.25, -0.2) is 9.97 Å². The number of benzene rings is 1. The molecule has 0 saturated carbocycles. The van der Waals surface area contributed by atoms with Gasteiger partial charge in [-0.05, 0) is 18.1 Å². The van der Waals surface area contributed by atoms with Crippen molar-refractivity contribution in [2.75, 3.05) is 48.0 Å². The number of methoxy groups -OCH3 is 1. The maximum Gasteiger partial charge on any atom is 0.134 e. The van der Waals surface area contributed by atoms with Crippen molar-refractivity contribution >= 4 is 23.4 Å². The fourth-order valence-corrected chi connectivity index (χ4v) is 4.34. The van der Waals surface area contributed by atoms with Crippen LogP contribution in [0.15, 0.2) is 30.6 Å². The van der Waals surface area contributed by atoms with Crippen LogP contribution in [0.1, 0.15) is 11.1 Å². The predicted octanol–water partition coefficient (Wildman–Crippen LogP) is 2.60. The Bertz CT molecular complexity index is 718. The number of anilines is 2. The Morgan fingerprint density at radius 2 is 1.83 bits per heavy atom. The zero-order valence-electron chi connectivity index (χ0n) is 13.9. The second-order valence-electron chi connectivity index (χ2n) is 6.10. The molecule has 0 aliphatic carbocycles. The Morgan fingerprint density at radius 1 is 1.04 bits per heavy atom. The van der Waals surface area contributed by atoms with Gasteiger partial charge in [-0.3, -0.25) is 0 Å². The summed E-state index contributed by atoms with van der Waals surface area (Å²) in [7, 11) is 1.75. The normalized spacial score (nSPS) is 17.5. The standard InChI is InChI=1S/C18H22N4OS/c1-23-16-4-2-3-14-12-22(6-5-15(14)16)18-11-17(19-13-20-18)21-7-9-24-10-8-21/h2-4,11,13H,5-10,12H2,1H3. The third kappa shape index (κ3) is 3.02. The van der Waals surface area contributed by atoms with Crippen LogP contribution in [0.3, 0.4) is 0 Å². The van der Waals surface area contributed by atoms with Crippen molar-refractivity contribution in [2.24, 2.45) is 0 Å². The molecule has 1 aromatic carbocycles. The fourth-order valence-electron chi connectivity index (χ4n) is 3.44. The van der Waals surface area contributed by atoms with Crippen LogP contribution in [0.4, 0.5) is 11.6 Å². The maximum atomic E-state index is 5.50. The molecule has 0 atom stereocenters. The summed E-state index contributed by atoms with van der Waals surface area (Å²) in [6, 6.07) is 8.44. The minimum Gasteiger partial charge on any atom is -0.496 e. The van der Waals surface area contributed by atoms with Crippen molar-refractivity contribution in [3.63, 3.8) is 0 Å². The molecule has 2 aromatic rings. The van der Waals surface area contributed by atoms with Crippen molar-refractivity contribution < 1.29 is 4.74 Å². The molecule has 0 amide bonds. The summed E-state index contributed by atoms with van der Waals surface area (Å²) in [6.45, 7) is 3.97. The molecule has 3 heterocycles. The Morgan fingerprint density at radius 3 is 2.62 bits per heavy atom. The number of fused-ring (bicyclic) bond motifs is 1. The van der Waals surface area contributed by atoms with Gasteiger partial charge in [0.2, 0.25) is 0 Å². The first-order chi connectivity index (χ1) is 11.8. The summed E-state index contributed by atoms with van der Waals surface area (Å²) >= 11 is 2.01. The first kappa shape index (κ1) is 15.6. The van der Waals surface area contributed by atoms with Crippen LogP contribution in [-0.2, 0) is 13.0 Å². The number of aromatic nitrogens is 2. The van der Waals surface area contributed by atoms with Crippen LogP contribution in [-0.4, -0.2) is 48.2 Å². The number of ether oxygens (including phenoxy) is 1. The van der Waals surface area contributed by atoms with Gasteiger partial charge in [0.15, 0.2) is 0 Å². The van der Waals surface area contributed by atoms with E-state index in [4.69, 9.17) is 4.74 Å². The van der Waals surface area contributed by atoms with Gasteiger partial charge < -0.3 is 14.5 Å². The van der Waals surface area contributed by atoms with Gasteiger partial charge >= 0.3 is 0 Å². The molecular formula is C18H22N4OS. The molecule has 0 radical (unpaired) electrons. The molecular weight excluding hydrogens is 320 g/mol. The van der Waals surface area contributed by atoms with E-state index in [0.29, 0.717) is 0 Å². The highest BCUT2D eigenvalue weighted by molar-refractivity contribution is 7.99. The van der Waals surface area contributed by atoms with Crippen LogP contribution < -0.4 is 14.5 Å². The van der Waals surface area contributed by atoms with Crippen LogP contribution in [0.5, 0.6) is 5.75 Å². The van der Waals surface area contributed by atoms with Crippen LogP contribution in [0.25, 0.3) is 0 Å². The van der Waals surface area contributed by atoms with E-state index in [-0.39, 0.29) is 0 Å². The van der Waals surface area contributed by atoms with Crippen molar-refractivity contribution in [1.29, 1.82) is 0 Å². The third-order valence-electron chi connectivity index (χ3n) is 4.74. The van der Waals surface area contributed by atoms with Crippen LogP contribution in [0, 0.1) is 0 Å². The Kier molecular flexibility index (Phi) is 4.47. The highest BCUT2D eigenvalue weighted by Gasteiger charge is 2.21. The largest absolute Gasteiger partial charge is 0.496 e. The highest BCUT2D eigenvalue weighted by Crippen LogP contribution is 2.30. The van der Waals surface area contributed by atoms with Gasteiger partial charge in [-0.1, -0.05) is 12.1 Å². The number of hydrogen-bond donors (Lipinski definition) is 0. The van der Waals surface area contributed by atoms with Crippen molar-refractivity contribution in [3.8, 4) is 5.75 Å². The van der Waals surface area contributed by atoms with E-state index in [0.717, 1.165) is 50.0 Å². The topological polar surface area (TPSA) is 41.5 Å². The maximum absolute atomic E-state index is 5.50. The first-order valence-electron chi connectivity index (χ1n) is 8.39. The summed E-state index contributed by atoms with van der Waals surface area (Å²) in [5.41, 5.74) is 2.66. The van der Waals surface area contributed by atoms with Gasteiger partial charge in [0.1, 0.15) is 23.7 Å². The Labute approximate surface area is 147 Å². The monoisotopic (exact) mass is 342 g/mol. The molecule has 4 rings (SSSR count). The second kappa shape index (κ2) is 6.89. The van der Waals surface area contributed by atoms with E-state index in [2.05, 4.69) is 38.0 Å². The second-order valence-corrected chi connectivity index (χ2v) is 7.33. The number of rotatable bonds is 3. The molecule has 1 saturated heterocycles. The lowest BCUT2D eigenvalue weighted by Gasteiger charge is -2.32. The van der Waals surface area contributed by atoms with E-state index >= 15 is 0 Å². The van der Waals surface area contributed by atoms with Crippen molar-refractivity contribution in [1.82, 2.24) is 9.97 Å². The van der Waals surface area contributed by atoms with Crippen molar-refractivity contribution in [3.05, 3.63) is 41.7 Å². The quantitative estimate of drug-likeness (QED) is 0.854. The van der Waals surface area contributed by atoms with Gasteiger partial charge in [0.05, 0.1) is 7.11 Å².